The number of rotatable bonds is 6. The predicted octanol–water partition coefficient (Wildman–Crippen LogP) is 4.17. The molecular formula is C19H24N2O. The van der Waals surface area contributed by atoms with Crippen LogP contribution < -0.4 is 10.6 Å². The Kier molecular flexibility index (Phi) is 5.73. The molecule has 0 atom stereocenters. The zero-order valence-electron chi connectivity index (χ0n) is 13.5. The summed E-state index contributed by atoms with van der Waals surface area (Å²) < 4.78 is 0. The molecule has 0 bridgehead atoms. The highest BCUT2D eigenvalue weighted by atomic mass is 16.1. The Bertz CT molecular complexity index is 618. The molecule has 0 unspecified atom stereocenters. The second-order valence-electron chi connectivity index (χ2n) is 5.71. The average molecular weight is 296 g/mol. The average Bonchev–Trinajstić information content (AvgIpc) is 2.53. The molecule has 0 radical (unpaired) electrons. The number of carbonyl (C=O) groups is 1. The molecule has 3 heteroatoms. The van der Waals surface area contributed by atoms with Crippen molar-refractivity contribution in [2.24, 2.45) is 0 Å². The van der Waals surface area contributed by atoms with E-state index in [1.165, 1.54) is 5.56 Å². The lowest BCUT2D eigenvalue weighted by Crippen LogP contribution is -2.14. The molecule has 2 N–H and O–H groups in total. The molecule has 0 heterocycles. The molecule has 0 aromatic heterocycles. The zero-order valence-corrected chi connectivity index (χ0v) is 13.5. The lowest BCUT2D eigenvalue weighted by molar-refractivity contribution is 0.102. The monoisotopic (exact) mass is 296 g/mol. The number of benzene rings is 2. The molecule has 2 aromatic rings. The van der Waals surface area contributed by atoms with Gasteiger partial charge in [-0.2, -0.15) is 0 Å². The summed E-state index contributed by atoms with van der Waals surface area (Å²) in [7, 11) is 0. The molecule has 3 nitrogen and oxygen atoms in total. The molecule has 0 aliphatic carbocycles. The van der Waals surface area contributed by atoms with E-state index in [0.29, 0.717) is 11.5 Å². The molecule has 0 saturated carbocycles. The Hall–Kier alpha value is -2.13. The van der Waals surface area contributed by atoms with Gasteiger partial charge < -0.3 is 10.6 Å². The van der Waals surface area contributed by atoms with Gasteiger partial charge in [-0.15, -0.1) is 0 Å². The maximum Gasteiger partial charge on any atom is 0.255 e. The standard InChI is InChI=1S/C19H24N2O/c1-4-20-13-15-6-5-7-18(12-15)21-19(22)17-10-8-16(9-11-17)14(2)3/h5-12,14,20H,4,13H2,1-3H3,(H,21,22). The van der Waals surface area contributed by atoms with Crippen molar-refractivity contribution >= 4 is 11.6 Å². The van der Waals surface area contributed by atoms with E-state index in [9.17, 15) is 4.79 Å². The largest absolute Gasteiger partial charge is 0.322 e. The third-order valence-electron chi connectivity index (χ3n) is 3.60. The maximum absolute atomic E-state index is 12.3. The van der Waals surface area contributed by atoms with Crippen LogP contribution in [0.25, 0.3) is 0 Å². The van der Waals surface area contributed by atoms with Crippen LogP contribution in [-0.4, -0.2) is 12.5 Å². The van der Waals surface area contributed by atoms with E-state index >= 15 is 0 Å². The highest BCUT2D eigenvalue weighted by Crippen LogP contribution is 2.16. The van der Waals surface area contributed by atoms with Gasteiger partial charge in [0.15, 0.2) is 0 Å². The summed E-state index contributed by atoms with van der Waals surface area (Å²) in [6, 6.07) is 15.7. The predicted molar refractivity (Wildman–Crippen MR) is 92.3 cm³/mol. The van der Waals surface area contributed by atoms with Crippen LogP contribution in [0, 0.1) is 0 Å². The SMILES string of the molecule is CCNCc1cccc(NC(=O)c2ccc(C(C)C)cc2)c1. The Labute approximate surface area is 132 Å². The van der Waals surface area contributed by atoms with Gasteiger partial charge in [0.1, 0.15) is 0 Å². The first-order chi connectivity index (χ1) is 10.6. The van der Waals surface area contributed by atoms with E-state index in [1.807, 2.05) is 42.5 Å². The van der Waals surface area contributed by atoms with Gasteiger partial charge >= 0.3 is 0 Å². The topological polar surface area (TPSA) is 41.1 Å². The van der Waals surface area contributed by atoms with E-state index < -0.39 is 0 Å². The molecule has 116 valence electrons. The second kappa shape index (κ2) is 7.76. The molecule has 22 heavy (non-hydrogen) atoms. The van der Waals surface area contributed by atoms with Crippen LogP contribution in [0.5, 0.6) is 0 Å². The first-order valence-corrected chi connectivity index (χ1v) is 7.81. The Morgan fingerprint density at radius 1 is 1.09 bits per heavy atom. The lowest BCUT2D eigenvalue weighted by atomic mass is 10.0. The first kappa shape index (κ1) is 16.2. The molecule has 1 amide bonds. The third kappa shape index (κ3) is 4.43. The van der Waals surface area contributed by atoms with Crippen molar-refractivity contribution in [3.05, 3.63) is 65.2 Å². The molecule has 2 aromatic carbocycles. The molecule has 0 aliphatic heterocycles. The normalized spacial score (nSPS) is 10.7. The van der Waals surface area contributed by atoms with Gasteiger partial charge in [0.25, 0.3) is 5.91 Å². The van der Waals surface area contributed by atoms with Crippen LogP contribution in [0.3, 0.4) is 0 Å². The van der Waals surface area contributed by atoms with Crippen molar-refractivity contribution in [1.29, 1.82) is 0 Å². The second-order valence-corrected chi connectivity index (χ2v) is 5.71. The summed E-state index contributed by atoms with van der Waals surface area (Å²) >= 11 is 0. The molecule has 0 fully saturated rings. The fourth-order valence-corrected chi connectivity index (χ4v) is 2.25. The van der Waals surface area contributed by atoms with E-state index in [-0.39, 0.29) is 5.91 Å². The fourth-order valence-electron chi connectivity index (χ4n) is 2.25. The van der Waals surface area contributed by atoms with Crippen molar-refractivity contribution in [1.82, 2.24) is 5.32 Å². The Morgan fingerprint density at radius 2 is 1.82 bits per heavy atom. The maximum atomic E-state index is 12.3. The summed E-state index contributed by atoms with van der Waals surface area (Å²) in [5, 5.41) is 6.24. The highest BCUT2D eigenvalue weighted by Gasteiger charge is 2.07. The number of amides is 1. The van der Waals surface area contributed by atoms with Crippen molar-refractivity contribution in [2.45, 2.75) is 33.2 Å². The fraction of sp³-hybridized carbons (Fsp3) is 0.316. The van der Waals surface area contributed by atoms with Crippen molar-refractivity contribution in [3.8, 4) is 0 Å². The summed E-state index contributed by atoms with van der Waals surface area (Å²) in [6.45, 7) is 8.10. The summed E-state index contributed by atoms with van der Waals surface area (Å²) in [6.07, 6.45) is 0. The molecular weight excluding hydrogens is 272 g/mol. The Morgan fingerprint density at radius 3 is 2.45 bits per heavy atom. The molecule has 0 saturated heterocycles. The molecule has 0 spiro atoms. The zero-order chi connectivity index (χ0) is 15.9. The van der Waals surface area contributed by atoms with Crippen LogP contribution in [0.1, 0.15) is 48.2 Å². The smallest absolute Gasteiger partial charge is 0.255 e. The number of hydrogen-bond acceptors (Lipinski definition) is 2. The molecule has 0 aliphatic rings. The summed E-state index contributed by atoms with van der Waals surface area (Å²) in [5.74, 6) is 0.399. The van der Waals surface area contributed by atoms with E-state index in [1.54, 1.807) is 0 Å². The summed E-state index contributed by atoms with van der Waals surface area (Å²) in [5.41, 5.74) is 3.91. The minimum atomic E-state index is -0.0732. The van der Waals surface area contributed by atoms with Crippen LogP contribution in [0.15, 0.2) is 48.5 Å². The van der Waals surface area contributed by atoms with Crippen molar-refractivity contribution in [3.63, 3.8) is 0 Å². The van der Waals surface area contributed by atoms with Gasteiger partial charge in [0.2, 0.25) is 0 Å². The highest BCUT2D eigenvalue weighted by molar-refractivity contribution is 6.04. The van der Waals surface area contributed by atoms with Crippen molar-refractivity contribution in [2.75, 3.05) is 11.9 Å². The third-order valence-corrected chi connectivity index (χ3v) is 3.60. The van der Waals surface area contributed by atoms with Crippen molar-refractivity contribution < 1.29 is 4.79 Å². The van der Waals surface area contributed by atoms with Crippen LogP contribution in [0.4, 0.5) is 5.69 Å². The van der Waals surface area contributed by atoms with Crippen LogP contribution >= 0.6 is 0 Å². The first-order valence-electron chi connectivity index (χ1n) is 7.81. The van der Waals surface area contributed by atoms with E-state index in [0.717, 1.165) is 24.3 Å². The van der Waals surface area contributed by atoms with Gasteiger partial charge in [-0.1, -0.05) is 45.0 Å². The lowest BCUT2D eigenvalue weighted by Gasteiger charge is -2.09. The van der Waals surface area contributed by atoms with Crippen LogP contribution in [-0.2, 0) is 6.54 Å². The number of carbonyl (C=O) groups excluding carboxylic acids is 1. The number of nitrogens with one attached hydrogen (secondary N) is 2. The minimum absolute atomic E-state index is 0.0732. The van der Waals surface area contributed by atoms with E-state index in [4.69, 9.17) is 0 Å². The van der Waals surface area contributed by atoms with Crippen LogP contribution in [0.2, 0.25) is 0 Å². The minimum Gasteiger partial charge on any atom is -0.322 e. The van der Waals surface area contributed by atoms with Gasteiger partial charge in [0, 0.05) is 17.8 Å². The number of hydrogen-bond donors (Lipinski definition) is 2. The Balaban J connectivity index is 2.05. The van der Waals surface area contributed by atoms with Gasteiger partial charge in [-0.05, 0) is 47.9 Å². The van der Waals surface area contributed by atoms with Gasteiger partial charge in [-0.25, -0.2) is 0 Å². The summed E-state index contributed by atoms with van der Waals surface area (Å²) in [4.78, 5) is 12.3. The van der Waals surface area contributed by atoms with Gasteiger partial charge in [0.05, 0.1) is 0 Å². The van der Waals surface area contributed by atoms with E-state index in [2.05, 4.69) is 37.5 Å². The quantitative estimate of drug-likeness (QED) is 0.840. The number of anilines is 1. The van der Waals surface area contributed by atoms with Gasteiger partial charge in [-0.3, -0.25) is 4.79 Å². The molecule has 2 rings (SSSR count).